The molecule has 1 atom stereocenters. The van der Waals surface area contributed by atoms with Crippen LogP contribution in [0, 0.1) is 18.7 Å². The Morgan fingerprint density at radius 3 is 2.69 bits per heavy atom. The summed E-state index contributed by atoms with van der Waals surface area (Å²) in [6.07, 6.45) is 1.75. The molecule has 2 aromatic carbocycles. The van der Waals surface area contributed by atoms with Crippen molar-refractivity contribution in [2.75, 3.05) is 25.0 Å². The van der Waals surface area contributed by atoms with E-state index in [2.05, 4.69) is 10.2 Å². The minimum Gasteiger partial charge on any atom is -0.462 e. The number of amides is 1. The zero-order chi connectivity index (χ0) is 20.8. The number of esters is 1. The molecule has 0 saturated carbocycles. The molecule has 6 heteroatoms. The summed E-state index contributed by atoms with van der Waals surface area (Å²) in [6.45, 7) is 6.22. The summed E-state index contributed by atoms with van der Waals surface area (Å²) >= 11 is 0. The molecule has 0 spiro atoms. The number of nitrogens with zero attached hydrogens (tertiary/aromatic N) is 1. The normalized spacial score (nSPS) is 17.0. The van der Waals surface area contributed by atoms with Crippen LogP contribution in [0.5, 0.6) is 0 Å². The molecule has 2 aromatic rings. The number of nitrogens with one attached hydrogen (secondary N) is 1. The van der Waals surface area contributed by atoms with Gasteiger partial charge >= 0.3 is 5.97 Å². The third-order valence-corrected chi connectivity index (χ3v) is 5.20. The van der Waals surface area contributed by atoms with E-state index in [4.69, 9.17) is 4.74 Å². The van der Waals surface area contributed by atoms with Crippen LogP contribution in [-0.2, 0) is 16.1 Å². The third-order valence-electron chi connectivity index (χ3n) is 5.20. The van der Waals surface area contributed by atoms with Crippen LogP contribution in [0.3, 0.4) is 0 Å². The Kier molecular flexibility index (Phi) is 6.99. The number of rotatable bonds is 6. The Balaban J connectivity index is 1.63. The van der Waals surface area contributed by atoms with Gasteiger partial charge in [-0.2, -0.15) is 0 Å². The molecular weight excluding hydrogens is 371 g/mol. The predicted octanol–water partition coefficient (Wildman–Crippen LogP) is 4.16. The van der Waals surface area contributed by atoms with Crippen molar-refractivity contribution in [1.82, 2.24) is 4.90 Å². The van der Waals surface area contributed by atoms with Gasteiger partial charge in [0.25, 0.3) is 0 Å². The average molecular weight is 398 g/mol. The number of aryl methyl sites for hydroxylation is 1. The molecule has 1 fully saturated rings. The molecule has 0 aromatic heterocycles. The topological polar surface area (TPSA) is 58.6 Å². The molecule has 1 heterocycles. The van der Waals surface area contributed by atoms with Crippen molar-refractivity contribution in [2.45, 2.75) is 33.2 Å². The van der Waals surface area contributed by atoms with E-state index < -0.39 is 5.97 Å². The standard InChI is InChI=1S/C23H27FN2O3/c1-3-29-23(28)18-9-6-16(2)21(13-18)25-22(27)19-5-4-12-26(15-19)14-17-7-10-20(24)11-8-17/h6-11,13,19H,3-5,12,14-15H2,1-2H3,(H,25,27)/t19-/m1/s1. The Morgan fingerprint density at radius 2 is 1.97 bits per heavy atom. The SMILES string of the molecule is CCOC(=O)c1ccc(C)c(NC(=O)[C@@H]2CCCN(Cc3ccc(F)cc3)C2)c1. The van der Waals surface area contributed by atoms with Gasteiger partial charge < -0.3 is 10.1 Å². The average Bonchev–Trinajstić information content (AvgIpc) is 2.71. The van der Waals surface area contributed by atoms with E-state index >= 15 is 0 Å². The Bertz CT molecular complexity index is 867. The first-order chi connectivity index (χ1) is 14.0. The number of likely N-dealkylation sites (tertiary alicyclic amines) is 1. The highest BCUT2D eigenvalue weighted by Gasteiger charge is 2.26. The maximum Gasteiger partial charge on any atom is 0.338 e. The number of hydrogen-bond acceptors (Lipinski definition) is 4. The number of benzene rings is 2. The maximum atomic E-state index is 13.1. The molecule has 0 bridgehead atoms. The first kappa shape index (κ1) is 21.0. The summed E-state index contributed by atoms with van der Waals surface area (Å²) < 4.78 is 18.1. The van der Waals surface area contributed by atoms with Crippen LogP contribution >= 0.6 is 0 Å². The van der Waals surface area contributed by atoms with Crippen LogP contribution in [0.2, 0.25) is 0 Å². The lowest BCUT2D eigenvalue weighted by Crippen LogP contribution is -2.40. The Hall–Kier alpha value is -2.73. The van der Waals surface area contributed by atoms with E-state index in [-0.39, 0.29) is 17.6 Å². The Labute approximate surface area is 170 Å². The third kappa shape index (κ3) is 5.64. The van der Waals surface area contributed by atoms with Gasteiger partial charge in [0, 0.05) is 18.8 Å². The fourth-order valence-electron chi connectivity index (χ4n) is 3.59. The lowest BCUT2D eigenvalue weighted by molar-refractivity contribution is -0.121. The molecule has 1 N–H and O–H groups in total. The van der Waals surface area contributed by atoms with Gasteiger partial charge in [-0.3, -0.25) is 9.69 Å². The van der Waals surface area contributed by atoms with Crippen LogP contribution in [-0.4, -0.2) is 36.5 Å². The molecule has 0 aliphatic carbocycles. The first-order valence-corrected chi connectivity index (χ1v) is 10.0. The first-order valence-electron chi connectivity index (χ1n) is 10.0. The van der Waals surface area contributed by atoms with Crippen molar-refractivity contribution in [3.8, 4) is 0 Å². The number of hydrogen-bond donors (Lipinski definition) is 1. The fraction of sp³-hybridized carbons (Fsp3) is 0.391. The molecule has 1 aliphatic rings. The van der Waals surface area contributed by atoms with Crippen LogP contribution < -0.4 is 5.32 Å². The summed E-state index contributed by atoms with van der Waals surface area (Å²) in [5, 5.41) is 2.99. The van der Waals surface area contributed by atoms with Crippen molar-refractivity contribution < 1.29 is 18.7 Å². The van der Waals surface area contributed by atoms with Crippen LogP contribution in [0.25, 0.3) is 0 Å². The maximum absolute atomic E-state index is 13.1. The molecule has 1 amide bonds. The summed E-state index contributed by atoms with van der Waals surface area (Å²) in [5.41, 5.74) is 2.99. The molecule has 154 valence electrons. The van der Waals surface area contributed by atoms with E-state index in [9.17, 15) is 14.0 Å². The summed E-state index contributed by atoms with van der Waals surface area (Å²) in [5.74, 6) is -0.816. The van der Waals surface area contributed by atoms with Gasteiger partial charge in [0.2, 0.25) is 5.91 Å². The molecule has 1 saturated heterocycles. The highest BCUT2D eigenvalue weighted by Crippen LogP contribution is 2.23. The Morgan fingerprint density at radius 1 is 1.21 bits per heavy atom. The molecule has 0 radical (unpaired) electrons. The lowest BCUT2D eigenvalue weighted by atomic mass is 9.96. The molecule has 5 nitrogen and oxygen atoms in total. The van der Waals surface area contributed by atoms with Gasteiger partial charge in [-0.25, -0.2) is 9.18 Å². The number of carbonyl (C=O) groups excluding carboxylic acids is 2. The van der Waals surface area contributed by atoms with E-state index in [1.54, 1.807) is 31.2 Å². The number of halogens is 1. The second-order valence-corrected chi connectivity index (χ2v) is 7.44. The van der Waals surface area contributed by atoms with Crippen molar-refractivity contribution in [1.29, 1.82) is 0 Å². The smallest absolute Gasteiger partial charge is 0.338 e. The van der Waals surface area contributed by atoms with Crippen molar-refractivity contribution in [2.24, 2.45) is 5.92 Å². The number of carbonyl (C=O) groups is 2. The van der Waals surface area contributed by atoms with Crippen LogP contribution in [0.1, 0.15) is 41.3 Å². The summed E-state index contributed by atoms with van der Waals surface area (Å²) in [4.78, 5) is 27.1. The zero-order valence-corrected chi connectivity index (χ0v) is 16.9. The van der Waals surface area contributed by atoms with Crippen molar-refractivity contribution in [3.05, 3.63) is 65.0 Å². The fourth-order valence-corrected chi connectivity index (χ4v) is 3.59. The quantitative estimate of drug-likeness (QED) is 0.743. The number of ether oxygens (including phenoxy) is 1. The van der Waals surface area contributed by atoms with Crippen LogP contribution in [0.15, 0.2) is 42.5 Å². The van der Waals surface area contributed by atoms with Gasteiger partial charge in [-0.05, 0) is 68.6 Å². The summed E-state index contributed by atoms with van der Waals surface area (Å²) in [6, 6.07) is 11.7. The van der Waals surface area contributed by atoms with E-state index in [0.717, 1.165) is 30.5 Å². The molecule has 29 heavy (non-hydrogen) atoms. The second kappa shape index (κ2) is 9.65. The van der Waals surface area contributed by atoms with Crippen molar-refractivity contribution >= 4 is 17.6 Å². The zero-order valence-electron chi connectivity index (χ0n) is 16.9. The monoisotopic (exact) mass is 398 g/mol. The minimum atomic E-state index is -0.397. The minimum absolute atomic E-state index is 0.0436. The van der Waals surface area contributed by atoms with Crippen molar-refractivity contribution in [3.63, 3.8) is 0 Å². The summed E-state index contributed by atoms with van der Waals surface area (Å²) in [7, 11) is 0. The van der Waals surface area contributed by atoms with E-state index in [1.807, 2.05) is 13.0 Å². The number of piperidine rings is 1. The number of anilines is 1. The van der Waals surface area contributed by atoms with E-state index in [0.29, 0.717) is 30.9 Å². The lowest BCUT2D eigenvalue weighted by Gasteiger charge is -2.32. The van der Waals surface area contributed by atoms with Gasteiger partial charge in [0.15, 0.2) is 0 Å². The predicted molar refractivity (Wildman–Crippen MR) is 110 cm³/mol. The van der Waals surface area contributed by atoms with E-state index in [1.165, 1.54) is 12.1 Å². The van der Waals surface area contributed by atoms with Gasteiger partial charge in [-0.15, -0.1) is 0 Å². The molecule has 1 aliphatic heterocycles. The van der Waals surface area contributed by atoms with Crippen LogP contribution in [0.4, 0.5) is 10.1 Å². The second-order valence-electron chi connectivity index (χ2n) is 7.44. The van der Waals surface area contributed by atoms with Gasteiger partial charge in [-0.1, -0.05) is 18.2 Å². The molecule has 3 rings (SSSR count). The molecular formula is C23H27FN2O3. The van der Waals surface area contributed by atoms with Gasteiger partial charge in [0.05, 0.1) is 18.1 Å². The highest BCUT2D eigenvalue weighted by molar-refractivity contribution is 5.96. The van der Waals surface area contributed by atoms with Gasteiger partial charge in [0.1, 0.15) is 5.82 Å². The molecule has 0 unspecified atom stereocenters. The largest absolute Gasteiger partial charge is 0.462 e. The highest BCUT2D eigenvalue weighted by atomic mass is 19.1.